The first-order valence-electron chi connectivity index (χ1n) is 4.73. The predicted octanol–water partition coefficient (Wildman–Crippen LogP) is 2.86. The Labute approximate surface area is 79.7 Å². The number of hydrogen-bond donors (Lipinski definition) is 1. The van der Waals surface area contributed by atoms with E-state index < -0.39 is 0 Å². The number of benzene rings is 1. The molecule has 0 spiro atoms. The van der Waals surface area contributed by atoms with Crippen LogP contribution in [0.2, 0.25) is 0 Å². The van der Waals surface area contributed by atoms with Crippen LogP contribution in [0.15, 0.2) is 36.4 Å². The molecule has 0 atom stereocenters. The number of aliphatic hydroxyl groups is 1. The van der Waals surface area contributed by atoms with Gasteiger partial charge in [0, 0.05) is 0 Å². The molecule has 0 heterocycles. The molecular weight excluding hydrogens is 160 g/mol. The smallest absolute Gasteiger partial charge is 0.0684 e. The quantitative estimate of drug-likeness (QED) is 0.748. The van der Waals surface area contributed by atoms with Gasteiger partial charge in [-0.15, -0.1) is 0 Å². The van der Waals surface area contributed by atoms with E-state index in [-0.39, 0.29) is 6.61 Å². The minimum atomic E-state index is 0.129. The maximum absolute atomic E-state index is 9.14. The highest BCUT2D eigenvalue weighted by molar-refractivity contribution is 5.65. The molecule has 13 heavy (non-hydrogen) atoms. The molecule has 0 amide bonds. The summed E-state index contributed by atoms with van der Waals surface area (Å²) in [6.45, 7) is 2.26. The molecule has 1 aromatic rings. The van der Waals surface area contributed by atoms with Crippen molar-refractivity contribution in [2.45, 2.75) is 19.8 Å². The van der Waals surface area contributed by atoms with E-state index in [1.165, 1.54) is 0 Å². The topological polar surface area (TPSA) is 20.2 Å². The second-order valence-corrected chi connectivity index (χ2v) is 3.04. The van der Waals surface area contributed by atoms with E-state index in [0.29, 0.717) is 0 Å². The first-order chi connectivity index (χ1) is 6.38. The van der Waals surface area contributed by atoms with Gasteiger partial charge in [0.05, 0.1) is 6.61 Å². The SMILES string of the molecule is CCCC=C(CO)c1ccccc1. The van der Waals surface area contributed by atoms with Crippen molar-refractivity contribution in [3.05, 3.63) is 42.0 Å². The lowest BCUT2D eigenvalue weighted by Gasteiger charge is -2.03. The average Bonchev–Trinajstić information content (AvgIpc) is 2.21. The van der Waals surface area contributed by atoms with Crippen LogP contribution in [-0.4, -0.2) is 11.7 Å². The summed E-state index contributed by atoms with van der Waals surface area (Å²) in [4.78, 5) is 0. The van der Waals surface area contributed by atoms with E-state index in [1.54, 1.807) is 0 Å². The van der Waals surface area contributed by atoms with Gasteiger partial charge in [-0.1, -0.05) is 49.8 Å². The molecule has 0 aliphatic carbocycles. The fourth-order valence-electron chi connectivity index (χ4n) is 1.24. The summed E-state index contributed by atoms with van der Waals surface area (Å²) in [6, 6.07) is 10.0. The maximum atomic E-state index is 9.14. The minimum absolute atomic E-state index is 0.129. The lowest BCUT2D eigenvalue weighted by Crippen LogP contribution is -1.89. The Hall–Kier alpha value is -1.08. The van der Waals surface area contributed by atoms with Crippen LogP contribution in [0.1, 0.15) is 25.3 Å². The first-order valence-corrected chi connectivity index (χ1v) is 4.73. The molecule has 0 aliphatic rings. The maximum Gasteiger partial charge on any atom is 0.0684 e. The van der Waals surface area contributed by atoms with Crippen molar-refractivity contribution in [2.24, 2.45) is 0 Å². The van der Waals surface area contributed by atoms with Crippen molar-refractivity contribution >= 4 is 5.57 Å². The van der Waals surface area contributed by atoms with E-state index in [9.17, 15) is 0 Å². The molecule has 1 N–H and O–H groups in total. The van der Waals surface area contributed by atoms with E-state index in [2.05, 4.69) is 13.0 Å². The summed E-state index contributed by atoms with van der Waals surface area (Å²) in [5.41, 5.74) is 2.15. The summed E-state index contributed by atoms with van der Waals surface area (Å²) < 4.78 is 0. The van der Waals surface area contributed by atoms with E-state index in [4.69, 9.17) is 5.11 Å². The van der Waals surface area contributed by atoms with Gasteiger partial charge in [0.2, 0.25) is 0 Å². The lowest BCUT2D eigenvalue weighted by molar-refractivity contribution is 0.350. The van der Waals surface area contributed by atoms with Crippen LogP contribution in [0.25, 0.3) is 5.57 Å². The van der Waals surface area contributed by atoms with Crippen LogP contribution in [0.5, 0.6) is 0 Å². The van der Waals surface area contributed by atoms with Gasteiger partial charge >= 0.3 is 0 Å². The van der Waals surface area contributed by atoms with Crippen LogP contribution in [0.3, 0.4) is 0 Å². The standard InChI is InChI=1S/C12H16O/c1-2-3-7-12(10-13)11-8-5-4-6-9-11/h4-9,13H,2-3,10H2,1H3. The molecule has 0 saturated carbocycles. The van der Waals surface area contributed by atoms with E-state index >= 15 is 0 Å². The molecule has 0 saturated heterocycles. The summed E-state index contributed by atoms with van der Waals surface area (Å²) in [5.74, 6) is 0. The number of rotatable bonds is 4. The zero-order valence-electron chi connectivity index (χ0n) is 8.03. The Morgan fingerprint density at radius 2 is 2.00 bits per heavy atom. The molecule has 1 heteroatoms. The monoisotopic (exact) mass is 176 g/mol. The number of unbranched alkanes of at least 4 members (excludes halogenated alkanes) is 1. The Morgan fingerprint density at radius 1 is 1.31 bits per heavy atom. The average molecular weight is 176 g/mol. The van der Waals surface area contributed by atoms with Crippen molar-refractivity contribution in [1.29, 1.82) is 0 Å². The van der Waals surface area contributed by atoms with Crippen LogP contribution in [0, 0.1) is 0 Å². The van der Waals surface area contributed by atoms with Crippen molar-refractivity contribution in [2.75, 3.05) is 6.61 Å². The van der Waals surface area contributed by atoms with Gasteiger partial charge in [0.15, 0.2) is 0 Å². The van der Waals surface area contributed by atoms with Crippen LogP contribution in [-0.2, 0) is 0 Å². The van der Waals surface area contributed by atoms with Gasteiger partial charge in [-0.25, -0.2) is 0 Å². The van der Waals surface area contributed by atoms with Gasteiger partial charge in [-0.05, 0) is 17.6 Å². The van der Waals surface area contributed by atoms with E-state index in [1.807, 2.05) is 30.3 Å². The van der Waals surface area contributed by atoms with Gasteiger partial charge in [-0.2, -0.15) is 0 Å². The van der Waals surface area contributed by atoms with Crippen LogP contribution in [0.4, 0.5) is 0 Å². The third kappa shape index (κ3) is 3.03. The second-order valence-electron chi connectivity index (χ2n) is 3.04. The molecule has 0 radical (unpaired) electrons. The Kier molecular flexibility index (Phi) is 4.27. The normalized spacial score (nSPS) is 11.7. The Morgan fingerprint density at radius 3 is 2.54 bits per heavy atom. The van der Waals surface area contributed by atoms with Crippen molar-refractivity contribution in [1.82, 2.24) is 0 Å². The lowest BCUT2D eigenvalue weighted by atomic mass is 10.1. The van der Waals surface area contributed by atoms with Crippen molar-refractivity contribution < 1.29 is 5.11 Å². The van der Waals surface area contributed by atoms with Gasteiger partial charge in [0.25, 0.3) is 0 Å². The number of aliphatic hydroxyl groups excluding tert-OH is 1. The van der Waals surface area contributed by atoms with Crippen LogP contribution >= 0.6 is 0 Å². The second kappa shape index (κ2) is 5.55. The Balaban J connectivity index is 2.78. The fraction of sp³-hybridized carbons (Fsp3) is 0.333. The summed E-state index contributed by atoms with van der Waals surface area (Å²) in [5, 5.41) is 9.14. The Bertz CT molecular complexity index is 262. The number of allylic oxidation sites excluding steroid dienone is 1. The van der Waals surface area contributed by atoms with Gasteiger partial charge < -0.3 is 5.11 Å². The highest BCUT2D eigenvalue weighted by Crippen LogP contribution is 2.14. The highest BCUT2D eigenvalue weighted by Gasteiger charge is 1.97. The third-order valence-electron chi connectivity index (χ3n) is 1.99. The van der Waals surface area contributed by atoms with Gasteiger partial charge in [0.1, 0.15) is 0 Å². The molecular formula is C12H16O. The van der Waals surface area contributed by atoms with E-state index in [0.717, 1.165) is 24.0 Å². The predicted molar refractivity (Wildman–Crippen MR) is 56.4 cm³/mol. The molecule has 0 bridgehead atoms. The first kappa shape index (κ1) is 10.0. The molecule has 70 valence electrons. The molecule has 0 unspecified atom stereocenters. The molecule has 0 aromatic heterocycles. The third-order valence-corrected chi connectivity index (χ3v) is 1.99. The summed E-state index contributed by atoms with van der Waals surface area (Å²) in [6.07, 6.45) is 4.26. The molecule has 1 rings (SSSR count). The molecule has 1 aromatic carbocycles. The largest absolute Gasteiger partial charge is 0.392 e. The summed E-state index contributed by atoms with van der Waals surface area (Å²) in [7, 11) is 0. The molecule has 0 fully saturated rings. The highest BCUT2D eigenvalue weighted by atomic mass is 16.3. The zero-order valence-corrected chi connectivity index (χ0v) is 8.03. The fourth-order valence-corrected chi connectivity index (χ4v) is 1.24. The number of hydrogen-bond acceptors (Lipinski definition) is 1. The molecule has 0 aliphatic heterocycles. The van der Waals surface area contributed by atoms with Crippen molar-refractivity contribution in [3.63, 3.8) is 0 Å². The zero-order chi connectivity index (χ0) is 9.52. The van der Waals surface area contributed by atoms with Crippen molar-refractivity contribution in [3.8, 4) is 0 Å². The van der Waals surface area contributed by atoms with Gasteiger partial charge in [-0.3, -0.25) is 0 Å². The molecule has 1 nitrogen and oxygen atoms in total. The van der Waals surface area contributed by atoms with Crippen LogP contribution < -0.4 is 0 Å². The summed E-state index contributed by atoms with van der Waals surface area (Å²) >= 11 is 0. The minimum Gasteiger partial charge on any atom is -0.392 e.